The summed E-state index contributed by atoms with van der Waals surface area (Å²) in [5, 5.41) is 11.2. The lowest BCUT2D eigenvalue weighted by atomic mass is 10.2. The van der Waals surface area contributed by atoms with Crippen LogP contribution < -0.4 is 0 Å². The first-order chi connectivity index (χ1) is 5.65. The Labute approximate surface area is 68.0 Å². The standard InChI is InChI=1S/C7H6N2O3/c1-4-6(7(10)11)2-5(9-12)3-8-4/h2-3H,1H3,(H,10,11). The summed E-state index contributed by atoms with van der Waals surface area (Å²) in [6.07, 6.45) is 1.23. The molecule has 1 heterocycles. The Bertz CT molecular complexity index is 335. The molecule has 0 radical (unpaired) electrons. The average molecular weight is 166 g/mol. The molecule has 0 fully saturated rings. The SMILES string of the molecule is Cc1ncc(N=O)cc1C(=O)O. The summed E-state index contributed by atoms with van der Waals surface area (Å²) < 4.78 is 0. The van der Waals surface area contributed by atoms with E-state index < -0.39 is 5.97 Å². The molecule has 1 N–H and O–H groups in total. The summed E-state index contributed by atoms with van der Waals surface area (Å²) in [4.78, 5) is 24.2. The number of rotatable bonds is 2. The molecule has 0 aliphatic carbocycles. The van der Waals surface area contributed by atoms with Crippen LogP contribution in [0.15, 0.2) is 17.4 Å². The van der Waals surface area contributed by atoms with Gasteiger partial charge in [-0.1, -0.05) is 0 Å². The third-order valence-electron chi connectivity index (χ3n) is 1.41. The van der Waals surface area contributed by atoms with Gasteiger partial charge in [-0.25, -0.2) is 4.79 Å². The fourth-order valence-electron chi connectivity index (χ4n) is 0.789. The average Bonchev–Trinajstić information content (AvgIpc) is 2.05. The number of carboxylic acids is 1. The molecule has 0 aromatic carbocycles. The number of carbonyl (C=O) groups is 1. The molecule has 1 aromatic heterocycles. The highest BCUT2D eigenvalue weighted by Crippen LogP contribution is 2.14. The van der Waals surface area contributed by atoms with Crippen molar-refractivity contribution in [2.45, 2.75) is 6.92 Å². The van der Waals surface area contributed by atoms with Gasteiger partial charge in [0.2, 0.25) is 0 Å². The van der Waals surface area contributed by atoms with E-state index in [2.05, 4.69) is 10.2 Å². The van der Waals surface area contributed by atoms with Crippen LogP contribution in [-0.2, 0) is 0 Å². The maximum atomic E-state index is 10.5. The van der Waals surface area contributed by atoms with Gasteiger partial charge in [0.05, 0.1) is 17.5 Å². The number of aromatic nitrogens is 1. The molecule has 0 bridgehead atoms. The van der Waals surface area contributed by atoms with E-state index in [0.29, 0.717) is 5.69 Å². The van der Waals surface area contributed by atoms with Gasteiger partial charge in [0.15, 0.2) is 0 Å². The lowest BCUT2D eigenvalue weighted by molar-refractivity contribution is 0.0695. The number of aryl methyl sites for hydroxylation is 1. The quantitative estimate of drug-likeness (QED) is 0.675. The van der Waals surface area contributed by atoms with E-state index in [1.165, 1.54) is 12.3 Å². The molecule has 62 valence electrons. The van der Waals surface area contributed by atoms with Crippen LogP contribution >= 0.6 is 0 Å². The zero-order valence-corrected chi connectivity index (χ0v) is 6.31. The van der Waals surface area contributed by atoms with Gasteiger partial charge < -0.3 is 5.11 Å². The van der Waals surface area contributed by atoms with Gasteiger partial charge in [-0.05, 0) is 18.2 Å². The van der Waals surface area contributed by atoms with Crippen molar-refractivity contribution in [3.8, 4) is 0 Å². The lowest BCUT2D eigenvalue weighted by Crippen LogP contribution is -2.00. The molecule has 5 heteroatoms. The highest BCUT2D eigenvalue weighted by molar-refractivity contribution is 5.89. The molecule has 0 amide bonds. The first-order valence-corrected chi connectivity index (χ1v) is 3.18. The van der Waals surface area contributed by atoms with Crippen LogP contribution in [0.5, 0.6) is 0 Å². The molecule has 5 nitrogen and oxygen atoms in total. The van der Waals surface area contributed by atoms with Crippen LogP contribution in [0.1, 0.15) is 16.1 Å². The van der Waals surface area contributed by atoms with Crippen molar-refractivity contribution >= 4 is 11.7 Å². The van der Waals surface area contributed by atoms with Crippen molar-refractivity contribution < 1.29 is 9.90 Å². The van der Waals surface area contributed by atoms with Gasteiger partial charge in [-0.15, -0.1) is 4.91 Å². The minimum absolute atomic E-state index is 0.00657. The molecule has 0 atom stereocenters. The van der Waals surface area contributed by atoms with Crippen LogP contribution in [0.3, 0.4) is 0 Å². The molecule has 0 aliphatic rings. The maximum absolute atomic E-state index is 10.5. The van der Waals surface area contributed by atoms with Crippen molar-refractivity contribution in [1.82, 2.24) is 4.98 Å². The molecule has 0 unspecified atom stereocenters. The smallest absolute Gasteiger partial charge is 0.337 e. The van der Waals surface area contributed by atoms with Gasteiger partial charge in [-0.3, -0.25) is 4.98 Å². The third-order valence-corrected chi connectivity index (χ3v) is 1.41. The van der Waals surface area contributed by atoms with Gasteiger partial charge in [-0.2, -0.15) is 0 Å². The van der Waals surface area contributed by atoms with Gasteiger partial charge >= 0.3 is 5.97 Å². The van der Waals surface area contributed by atoms with E-state index >= 15 is 0 Å². The number of hydrogen-bond acceptors (Lipinski definition) is 4. The molecule has 0 saturated carbocycles. The van der Waals surface area contributed by atoms with E-state index in [1.807, 2.05) is 0 Å². The summed E-state index contributed by atoms with van der Waals surface area (Å²) in [6.45, 7) is 1.55. The van der Waals surface area contributed by atoms with Gasteiger partial charge in [0.25, 0.3) is 0 Å². The summed E-state index contributed by atoms with van der Waals surface area (Å²) in [6, 6.07) is 1.19. The summed E-state index contributed by atoms with van der Waals surface area (Å²) in [7, 11) is 0. The Morgan fingerprint density at radius 1 is 1.67 bits per heavy atom. The Kier molecular flexibility index (Phi) is 2.14. The zero-order valence-electron chi connectivity index (χ0n) is 6.31. The van der Waals surface area contributed by atoms with Crippen LogP contribution in [-0.4, -0.2) is 16.1 Å². The van der Waals surface area contributed by atoms with Crippen LogP contribution in [0, 0.1) is 11.8 Å². The van der Waals surface area contributed by atoms with Crippen molar-refractivity contribution in [1.29, 1.82) is 0 Å². The molecule has 12 heavy (non-hydrogen) atoms. The Morgan fingerprint density at radius 3 is 2.83 bits per heavy atom. The molecule has 0 saturated heterocycles. The Morgan fingerprint density at radius 2 is 2.33 bits per heavy atom. The van der Waals surface area contributed by atoms with Gasteiger partial charge in [0, 0.05) is 0 Å². The number of nitroso groups, excluding NO2 is 1. The largest absolute Gasteiger partial charge is 0.478 e. The van der Waals surface area contributed by atoms with Crippen molar-refractivity contribution in [3.63, 3.8) is 0 Å². The maximum Gasteiger partial charge on any atom is 0.337 e. The minimum atomic E-state index is -1.11. The number of pyridine rings is 1. The first kappa shape index (κ1) is 8.32. The minimum Gasteiger partial charge on any atom is -0.478 e. The highest BCUT2D eigenvalue weighted by atomic mass is 16.4. The van der Waals surface area contributed by atoms with Crippen molar-refractivity contribution in [3.05, 3.63) is 28.4 Å². The van der Waals surface area contributed by atoms with E-state index in [0.717, 1.165) is 0 Å². The second kappa shape index (κ2) is 3.08. The number of aromatic carboxylic acids is 1. The fourth-order valence-corrected chi connectivity index (χ4v) is 0.789. The molecule has 0 spiro atoms. The topological polar surface area (TPSA) is 79.6 Å². The molecular weight excluding hydrogens is 160 g/mol. The number of carboxylic acid groups (broad SMARTS) is 1. The summed E-state index contributed by atoms with van der Waals surface area (Å²) in [5.41, 5.74) is 0.403. The Balaban J connectivity index is 3.25. The number of nitrogens with zero attached hydrogens (tertiary/aromatic N) is 2. The molecule has 1 aromatic rings. The molecule has 1 rings (SSSR count). The molecular formula is C7H6N2O3. The second-order valence-corrected chi connectivity index (χ2v) is 2.22. The highest BCUT2D eigenvalue weighted by Gasteiger charge is 2.08. The predicted molar refractivity (Wildman–Crippen MR) is 41.4 cm³/mol. The van der Waals surface area contributed by atoms with Gasteiger partial charge in [0.1, 0.15) is 5.69 Å². The third kappa shape index (κ3) is 1.45. The van der Waals surface area contributed by atoms with Crippen molar-refractivity contribution in [2.24, 2.45) is 5.18 Å². The van der Waals surface area contributed by atoms with E-state index in [-0.39, 0.29) is 11.3 Å². The molecule has 0 aliphatic heterocycles. The zero-order chi connectivity index (χ0) is 9.14. The predicted octanol–water partition coefficient (Wildman–Crippen LogP) is 1.49. The normalized spacial score (nSPS) is 9.42. The van der Waals surface area contributed by atoms with Crippen LogP contribution in [0.25, 0.3) is 0 Å². The first-order valence-electron chi connectivity index (χ1n) is 3.18. The fraction of sp³-hybridized carbons (Fsp3) is 0.143. The van der Waals surface area contributed by atoms with Crippen LogP contribution in [0.4, 0.5) is 5.69 Å². The Hall–Kier alpha value is -1.78. The summed E-state index contributed by atoms with van der Waals surface area (Å²) in [5.74, 6) is -1.11. The lowest BCUT2D eigenvalue weighted by Gasteiger charge is -1.97. The van der Waals surface area contributed by atoms with E-state index in [1.54, 1.807) is 6.92 Å². The second-order valence-electron chi connectivity index (χ2n) is 2.22. The van der Waals surface area contributed by atoms with E-state index in [9.17, 15) is 9.70 Å². The van der Waals surface area contributed by atoms with Crippen LogP contribution in [0.2, 0.25) is 0 Å². The monoisotopic (exact) mass is 166 g/mol. The number of hydrogen-bond donors (Lipinski definition) is 1. The summed E-state index contributed by atoms with van der Waals surface area (Å²) >= 11 is 0. The van der Waals surface area contributed by atoms with Crippen molar-refractivity contribution in [2.75, 3.05) is 0 Å². The van der Waals surface area contributed by atoms with E-state index in [4.69, 9.17) is 5.11 Å².